The number of H-pyrrole nitrogens is 1. The lowest BCUT2D eigenvalue weighted by molar-refractivity contribution is 0.102. The molecule has 1 amide bonds. The molecule has 0 aliphatic carbocycles. The second kappa shape index (κ2) is 4.09. The van der Waals surface area contributed by atoms with Crippen molar-refractivity contribution in [3.05, 3.63) is 29.2 Å². The smallest absolute Gasteiger partial charge is 0.260 e. The van der Waals surface area contributed by atoms with E-state index in [9.17, 15) is 4.79 Å². The molecule has 7 nitrogen and oxygen atoms in total. The Morgan fingerprint density at radius 1 is 1.59 bits per heavy atom. The van der Waals surface area contributed by atoms with E-state index >= 15 is 0 Å². The van der Waals surface area contributed by atoms with Gasteiger partial charge in [0.25, 0.3) is 5.91 Å². The maximum atomic E-state index is 11.9. The van der Waals surface area contributed by atoms with Crippen LogP contribution in [0.1, 0.15) is 21.6 Å². The highest BCUT2D eigenvalue weighted by Crippen LogP contribution is 2.14. The number of hydrogen-bond acceptors (Lipinski definition) is 4. The molecule has 2 aromatic rings. The van der Waals surface area contributed by atoms with Crippen molar-refractivity contribution >= 4 is 11.7 Å². The first-order valence-electron chi connectivity index (χ1n) is 4.87. The molecule has 17 heavy (non-hydrogen) atoms. The predicted molar refractivity (Wildman–Crippen MR) is 59.2 cm³/mol. The number of carbonyl (C=O) groups excluding carboxylic acids is 1. The van der Waals surface area contributed by atoms with Crippen molar-refractivity contribution in [2.75, 3.05) is 5.32 Å². The molecule has 7 heteroatoms. The van der Waals surface area contributed by atoms with Crippen molar-refractivity contribution in [1.29, 1.82) is 5.26 Å². The van der Waals surface area contributed by atoms with E-state index in [1.165, 1.54) is 17.1 Å². The molecule has 0 aliphatic rings. The summed E-state index contributed by atoms with van der Waals surface area (Å²) < 4.78 is 1.44. The number of anilines is 1. The van der Waals surface area contributed by atoms with Gasteiger partial charge in [0, 0.05) is 12.7 Å². The Balaban J connectivity index is 2.28. The Morgan fingerprint density at radius 2 is 2.35 bits per heavy atom. The summed E-state index contributed by atoms with van der Waals surface area (Å²) >= 11 is 0. The van der Waals surface area contributed by atoms with E-state index in [-0.39, 0.29) is 5.91 Å². The van der Waals surface area contributed by atoms with Gasteiger partial charge < -0.3 is 5.32 Å². The Morgan fingerprint density at radius 3 is 2.94 bits per heavy atom. The van der Waals surface area contributed by atoms with Crippen LogP contribution in [0, 0.1) is 18.3 Å². The largest absolute Gasteiger partial charge is 0.306 e. The first kappa shape index (κ1) is 10.9. The Kier molecular flexibility index (Phi) is 2.62. The SMILES string of the molecule is Cc1[nH]ncc1C(=O)Nc1c(C#N)cnn1C. The van der Waals surface area contributed by atoms with E-state index in [2.05, 4.69) is 20.6 Å². The van der Waals surface area contributed by atoms with Gasteiger partial charge in [-0.15, -0.1) is 0 Å². The van der Waals surface area contributed by atoms with Gasteiger partial charge in [-0.05, 0) is 6.92 Å². The standard InChI is InChI=1S/C10H10N6O/c1-6-8(5-12-15-6)10(17)14-9-7(3-11)4-13-16(9)2/h4-5H,1-2H3,(H,12,15)(H,14,17). The van der Waals surface area contributed by atoms with E-state index in [0.717, 1.165) is 0 Å². The molecule has 2 heterocycles. The molecule has 2 aromatic heterocycles. The van der Waals surface area contributed by atoms with Crippen molar-refractivity contribution in [3.8, 4) is 6.07 Å². The van der Waals surface area contributed by atoms with E-state index in [0.29, 0.717) is 22.6 Å². The lowest BCUT2D eigenvalue weighted by atomic mass is 10.2. The third-order valence-corrected chi connectivity index (χ3v) is 2.37. The summed E-state index contributed by atoms with van der Waals surface area (Å²) in [6.45, 7) is 1.75. The molecule has 86 valence electrons. The number of nitriles is 1. The average molecular weight is 230 g/mol. The van der Waals surface area contributed by atoms with Crippen molar-refractivity contribution in [3.63, 3.8) is 0 Å². The van der Waals surface area contributed by atoms with Gasteiger partial charge in [-0.1, -0.05) is 0 Å². The van der Waals surface area contributed by atoms with Gasteiger partial charge in [-0.2, -0.15) is 15.5 Å². The zero-order valence-corrected chi connectivity index (χ0v) is 9.35. The fraction of sp³-hybridized carbons (Fsp3) is 0.200. The number of amides is 1. The zero-order valence-electron chi connectivity index (χ0n) is 9.35. The van der Waals surface area contributed by atoms with Crippen LogP contribution in [-0.4, -0.2) is 25.9 Å². The number of rotatable bonds is 2. The highest BCUT2D eigenvalue weighted by atomic mass is 16.1. The van der Waals surface area contributed by atoms with Crippen LogP contribution in [0.4, 0.5) is 5.82 Å². The van der Waals surface area contributed by atoms with Crippen molar-refractivity contribution in [2.45, 2.75) is 6.92 Å². The Hall–Kier alpha value is -2.62. The third kappa shape index (κ3) is 1.88. The summed E-state index contributed by atoms with van der Waals surface area (Å²) in [6.07, 6.45) is 2.84. The van der Waals surface area contributed by atoms with Gasteiger partial charge >= 0.3 is 0 Å². The summed E-state index contributed by atoms with van der Waals surface area (Å²) in [5, 5.41) is 21.8. The molecular formula is C10H10N6O. The van der Waals surface area contributed by atoms with Gasteiger partial charge in [-0.25, -0.2) is 0 Å². The number of carbonyl (C=O) groups is 1. The van der Waals surface area contributed by atoms with E-state index in [4.69, 9.17) is 5.26 Å². The lowest BCUT2D eigenvalue weighted by Gasteiger charge is -2.04. The van der Waals surface area contributed by atoms with E-state index in [1.54, 1.807) is 14.0 Å². The zero-order chi connectivity index (χ0) is 12.4. The molecule has 0 aromatic carbocycles. The molecule has 0 atom stereocenters. The van der Waals surface area contributed by atoms with Crippen molar-refractivity contribution in [2.24, 2.45) is 7.05 Å². The number of nitrogens with one attached hydrogen (secondary N) is 2. The number of nitrogens with zero attached hydrogens (tertiary/aromatic N) is 4. The second-order valence-electron chi connectivity index (χ2n) is 3.51. The van der Waals surface area contributed by atoms with Crippen LogP contribution in [0.3, 0.4) is 0 Å². The maximum Gasteiger partial charge on any atom is 0.260 e. The lowest BCUT2D eigenvalue weighted by Crippen LogP contribution is -2.15. The predicted octanol–water partition coefficient (Wildman–Crippen LogP) is 0.576. The number of aromatic amines is 1. The van der Waals surface area contributed by atoms with Crippen molar-refractivity contribution < 1.29 is 4.79 Å². The highest BCUT2D eigenvalue weighted by molar-refractivity contribution is 6.04. The van der Waals surface area contributed by atoms with Crippen LogP contribution in [0.5, 0.6) is 0 Å². The van der Waals surface area contributed by atoms with Gasteiger partial charge in [0.15, 0.2) is 0 Å². The summed E-state index contributed by atoms with van der Waals surface area (Å²) in [4.78, 5) is 11.9. The summed E-state index contributed by atoms with van der Waals surface area (Å²) in [6, 6.07) is 1.96. The van der Waals surface area contributed by atoms with E-state index in [1.807, 2.05) is 6.07 Å². The van der Waals surface area contributed by atoms with Crippen LogP contribution in [0.25, 0.3) is 0 Å². The Labute approximate surface area is 97.1 Å². The number of hydrogen-bond donors (Lipinski definition) is 2. The van der Waals surface area contributed by atoms with Gasteiger partial charge in [0.1, 0.15) is 17.5 Å². The maximum absolute atomic E-state index is 11.9. The van der Waals surface area contributed by atoms with Crippen LogP contribution >= 0.6 is 0 Å². The number of aryl methyl sites for hydroxylation is 2. The first-order chi connectivity index (χ1) is 8.13. The summed E-state index contributed by atoms with van der Waals surface area (Å²) in [7, 11) is 1.65. The quantitative estimate of drug-likeness (QED) is 0.787. The van der Waals surface area contributed by atoms with Crippen LogP contribution in [0.15, 0.2) is 12.4 Å². The van der Waals surface area contributed by atoms with Gasteiger partial charge in [0.2, 0.25) is 0 Å². The summed E-state index contributed by atoms with van der Waals surface area (Å²) in [5.41, 5.74) is 1.43. The molecule has 0 unspecified atom stereocenters. The first-order valence-corrected chi connectivity index (χ1v) is 4.87. The second-order valence-corrected chi connectivity index (χ2v) is 3.51. The number of aromatic nitrogens is 4. The minimum absolute atomic E-state index is 0.321. The fourth-order valence-electron chi connectivity index (χ4n) is 1.42. The molecular weight excluding hydrogens is 220 g/mol. The molecule has 0 spiro atoms. The highest BCUT2D eigenvalue weighted by Gasteiger charge is 2.15. The topological polar surface area (TPSA) is 99.4 Å². The molecule has 0 radical (unpaired) electrons. The minimum Gasteiger partial charge on any atom is -0.306 e. The van der Waals surface area contributed by atoms with Gasteiger partial charge in [0.05, 0.1) is 18.0 Å². The monoisotopic (exact) mass is 230 g/mol. The van der Waals surface area contributed by atoms with Crippen molar-refractivity contribution in [1.82, 2.24) is 20.0 Å². The molecule has 2 rings (SSSR count). The molecule has 0 aliphatic heterocycles. The molecule has 2 N–H and O–H groups in total. The average Bonchev–Trinajstić information content (AvgIpc) is 2.87. The molecule has 0 saturated heterocycles. The van der Waals surface area contributed by atoms with Crippen LogP contribution < -0.4 is 5.32 Å². The van der Waals surface area contributed by atoms with Gasteiger partial charge in [-0.3, -0.25) is 14.6 Å². The van der Waals surface area contributed by atoms with E-state index < -0.39 is 0 Å². The van der Waals surface area contributed by atoms with Crippen LogP contribution in [-0.2, 0) is 7.05 Å². The molecule has 0 bridgehead atoms. The molecule has 0 fully saturated rings. The van der Waals surface area contributed by atoms with Crippen LogP contribution in [0.2, 0.25) is 0 Å². The normalized spacial score (nSPS) is 9.94. The summed E-state index contributed by atoms with van der Waals surface area (Å²) in [5.74, 6) is 0.0504. The fourth-order valence-corrected chi connectivity index (χ4v) is 1.42. The Bertz CT molecular complexity index is 603. The minimum atomic E-state index is -0.323. The third-order valence-electron chi connectivity index (χ3n) is 2.37. The molecule has 0 saturated carbocycles.